The Labute approximate surface area is 202 Å². The number of amides is 1. The zero-order valence-electron chi connectivity index (χ0n) is 19.3. The van der Waals surface area contributed by atoms with Gasteiger partial charge in [-0.1, -0.05) is 43.8 Å². The molecule has 0 aliphatic carbocycles. The number of nitrogens with zero attached hydrogens (tertiary/aromatic N) is 4. The SMILES string of the molecule is C=CC(=O)NC1Cn2c(c(-c3cnc4ccccc4c3)c3c(N)ncnc32)-c2cc(CC)ccc21. The standard InChI is InChI=1S/C28H24N6O/c1-3-16-9-10-19-20(11-16)26-24(18-12-17-7-5-6-8-21(17)30-13-18)25-27(29)31-15-32-28(25)34(26)14-22(19)33-23(35)4-2/h4-13,15,22H,2-3,14H2,1H3,(H,33,35)(H2,29,31,32). The van der Waals surface area contributed by atoms with Crippen molar-refractivity contribution in [2.45, 2.75) is 25.9 Å². The molecule has 0 radical (unpaired) electrons. The first-order valence-corrected chi connectivity index (χ1v) is 11.6. The number of aromatic nitrogens is 4. The summed E-state index contributed by atoms with van der Waals surface area (Å²) in [6.45, 7) is 6.27. The lowest BCUT2D eigenvalue weighted by Gasteiger charge is -2.29. The van der Waals surface area contributed by atoms with Crippen molar-refractivity contribution in [1.82, 2.24) is 24.8 Å². The zero-order chi connectivity index (χ0) is 24.1. The van der Waals surface area contributed by atoms with Crippen LogP contribution >= 0.6 is 0 Å². The summed E-state index contributed by atoms with van der Waals surface area (Å²) in [5, 5.41) is 4.93. The molecule has 5 aromatic rings. The molecular formula is C28H24N6O. The number of rotatable bonds is 4. The van der Waals surface area contributed by atoms with Gasteiger partial charge in [-0.3, -0.25) is 9.78 Å². The fourth-order valence-electron chi connectivity index (χ4n) is 5.11. The largest absolute Gasteiger partial charge is 0.383 e. The molecule has 1 aliphatic rings. The molecule has 35 heavy (non-hydrogen) atoms. The second kappa shape index (κ2) is 8.06. The van der Waals surface area contributed by atoms with Crippen molar-refractivity contribution in [1.29, 1.82) is 0 Å². The van der Waals surface area contributed by atoms with E-state index in [9.17, 15) is 4.79 Å². The van der Waals surface area contributed by atoms with Crippen molar-refractivity contribution in [2.75, 3.05) is 5.73 Å². The monoisotopic (exact) mass is 460 g/mol. The molecule has 1 amide bonds. The molecule has 0 bridgehead atoms. The Morgan fingerprint density at radius 3 is 2.89 bits per heavy atom. The van der Waals surface area contributed by atoms with Crippen LogP contribution in [0.2, 0.25) is 0 Å². The Kier molecular flexibility index (Phi) is 4.84. The normalized spacial score (nSPS) is 14.5. The maximum absolute atomic E-state index is 12.3. The fourth-order valence-corrected chi connectivity index (χ4v) is 5.11. The number of nitrogen functional groups attached to an aromatic ring is 1. The molecule has 172 valence electrons. The predicted molar refractivity (Wildman–Crippen MR) is 139 cm³/mol. The summed E-state index contributed by atoms with van der Waals surface area (Å²) < 4.78 is 2.15. The highest BCUT2D eigenvalue weighted by molar-refractivity contribution is 6.09. The third-order valence-corrected chi connectivity index (χ3v) is 6.77. The smallest absolute Gasteiger partial charge is 0.243 e. The number of pyridine rings is 1. The molecular weight excluding hydrogens is 436 g/mol. The van der Waals surface area contributed by atoms with E-state index in [-0.39, 0.29) is 11.9 Å². The topological polar surface area (TPSA) is 98.7 Å². The van der Waals surface area contributed by atoms with Crippen molar-refractivity contribution < 1.29 is 4.79 Å². The van der Waals surface area contributed by atoms with E-state index in [4.69, 9.17) is 10.7 Å². The van der Waals surface area contributed by atoms with E-state index in [1.165, 1.54) is 18.0 Å². The molecule has 0 saturated carbocycles. The first-order chi connectivity index (χ1) is 17.1. The van der Waals surface area contributed by atoms with Gasteiger partial charge in [0.05, 0.1) is 22.6 Å². The van der Waals surface area contributed by atoms with E-state index in [0.29, 0.717) is 12.4 Å². The fraction of sp³-hybridized carbons (Fsp3) is 0.143. The molecule has 3 aromatic heterocycles. The molecule has 1 unspecified atom stereocenters. The van der Waals surface area contributed by atoms with Crippen LogP contribution in [0.1, 0.15) is 24.1 Å². The number of para-hydroxylation sites is 1. The Morgan fingerprint density at radius 2 is 2.06 bits per heavy atom. The number of aryl methyl sites for hydroxylation is 1. The van der Waals surface area contributed by atoms with E-state index in [2.05, 4.69) is 63.7 Å². The molecule has 4 heterocycles. The maximum Gasteiger partial charge on any atom is 0.243 e. The summed E-state index contributed by atoms with van der Waals surface area (Å²) >= 11 is 0. The number of nitrogens with one attached hydrogen (secondary N) is 1. The number of benzene rings is 2. The van der Waals surface area contributed by atoms with E-state index < -0.39 is 0 Å². The third-order valence-electron chi connectivity index (χ3n) is 6.77. The molecule has 0 fully saturated rings. The van der Waals surface area contributed by atoms with Crippen LogP contribution in [-0.4, -0.2) is 25.4 Å². The van der Waals surface area contributed by atoms with Crippen molar-refractivity contribution in [3.8, 4) is 22.4 Å². The maximum atomic E-state index is 12.3. The molecule has 7 nitrogen and oxygen atoms in total. The highest BCUT2D eigenvalue weighted by Gasteiger charge is 2.32. The quantitative estimate of drug-likeness (QED) is 0.375. The molecule has 0 saturated heterocycles. The minimum Gasteiger partial charge on any atom is -0.383 e. The van der Waals surface area contributed by atoms with Gasteiger partial charge in [0.15, 0.2) is 0 Å². The van der Waals surface area contributed by atoms with Gasteiger partial charge in [0, 0.05) is 34.8 Å². The number of carbonyl (C=O) groups excluding carboxylic acids is 1. The highest BCUT2D eigenvalue weighted by atomic mass is 16.1. The van der Waals surface area contributed by atoms with Gasteiger partial charge in [-0.15, -0.1) is 0 Å². The summed E-state index contributed by atoms with van der Waals surface area (Å²) in [4.78, 5) is 26.0. The molecule has 2 aromatic carbocycles. The van der Waals surface area contributed by atoms with Crippen LogP contribution in [0.3, 0.4) is 0 Å². The third kappa shape index (κ3) is 3.27. The Balaban J connectivity index is 1.70. The lowest BCUT2D eigenvalue weighted by Crippen LogP contribution is -2.33. The van der Waals surface area contributed by atoms with E-state index >= 15 is 0 Å². The minimum absolute atomic E-state index is 0.214. The Hall–Kier alpha value is -4.52. The predicted octanol–water partition coefficient (Wildman–Crippen LogP) is 4.82. The van der Waals surface area contributed by atoms with Crippen molar-refractivity contribution in [2.24, 2.45) is 0 Å². The van der Waals surface area contributed by atoms with Gasteiger partial charge >= 0.3 is 0 Å². The first kappa shape index (κ1) is 21.0. The van der Waals surface area contributed by atoms with Crippen LogP contribution in [0.15, 0.2) is 73.7 Å². The van der Waals surface area contributed by atoms with Crippen LogP contribution in [-0.2, 0) is 17.8 Å². The average molecular weight is 461 g/mol. The molecule has 3 N–H and O–H groups in total. The van der Waals surface area contributed by atoms with Crippen LogP contribution in [0, 0.1) is 0 Å². The number of hydrogen-bond acceptors (Lipinski definition) is 5. The van der Waals surface area contributed by atoms with Crippen molar-refractivity contribution >= 4 is 33.7 Å². The number of fused-ring (bicyclic) bond motifs is 6. The molecule has 1 aliphatic heterocycles. The van der Waals surface area contributed by atoms with Gasteiger partial charge in [0.2, 0.25) is 5.91 Å². The number of nitrogens with two attached hydrogens (primary N) is 1. The van der Waals surface area contributed by atoms with Crippen LogP contribution < -0.4 is 11.1 Å². The molecule has 1 atom stereocenters. The number of carbonyl (C=O) groups is 1. The van der Waals surface area contributed by atoms with Crippen LogP contribution in [0.5, 0.6) is 0 Å². The molecule has 0 spiro atoms. The van der Waals surface area contributed by atoms with Gasteiger partial charge in [0.1, 0.15) is 17.8 Å². The van der Waals surface area contributed by atoms with Gasteiger partial charge in [0.25, 0.3) is 0 Å². The minimum atomic E-state index is -0.233. The number of anilines is 1. The van der Waals surface area contributed by atoms with Gasteiger partial charge < -0.3 is 15.6 Å². The lowest BCUT2D eigenvalue weighted by molar-refractivity contribution is -0.117. The van der Waals surface area contributed by atoms with Gasteiger partial charge in [-0.25, -0.2) is 9.97 Å². The highest BCUT2D eigenvalue weighted by Crippen LogP contribution is 2.47. The van der Waals surface area contributed by atoms with Gasteiger partial charge in [-0.2, -0.15) is 0 Å². The number of hydrogen-bond donors (Lipinski definition) is 2. The summed E-state index contributed by atoms with van der Waals surface area (Å²) in [5.41, 5.74) is 14.4. The average Bonchev–Trinajstić information content (AvgIpc) is 3.23. The second-order valence-electron chi connectivity index (χ2n) is 8.75. The summed E-state index contributed by atoms with van der Waals surface area (Å²) in [5.74, 6) is 0.202. The van der Waals surface area contributed by atoms with Crippen LogP contribution in [0.4, 0.5) is 5.82 Å². The van der Waals surface area contributed by atoms with E-state index in [1.807, 2.05) is 24.4 Å². The Bertz CT molecular complexity index is 1650. The van der Waals surface area contributed by atoms with Crippen molar-refractivity contribution in [3.63, 3.8) is 0 Å². The summed E-state index contributed by atoms with van der Waals surface area (Å²) in [7, 11) is 0. The van der Waals surface area contributed by atoms with Crippen molar-refractivity contribution in [3.05, 3.63) is 84.8 Å². The Morgan fingerprint density at radius 1 is 1.20 bits per heavy atom. The lowest BCUT2D eigenvalue weighted by atomic mass is 9.89. The molecule has 6 rings (SSSR count). The van der Waals surface area contributed by atoms with E-state index in [1.54, 1.807) is 0 Å². The van der Waals surface area contributed by atoms with Gasteiger partial charge in [-0.05, 0) is 41.8 Å². The summed E-state index contributed by atoms with van der Waals surface area (Å²) in [6, 6.07) is 16.4. The molecule has 7 heteroatoms. The van der Waals surface area contributed by atoms with Crippen LogP contribution in [0.25, 0.3) is 44.3 Å². The van der Waals surface area contributed by atoms with E-state index in [0.717, 1.165) is 56.3 Å². The second-order valence-corrected chi connectivity index (χ2v) is 8.75. The first-order valence-electron chi connectivity index (χ1n) is 11.6. The zero-order valence-corrected chi connectivity index (χ0v) is 19.3. The summed E-state index contributed by atoms with van der Waals surface area (Å²) in [6.07, 6.45) is 5.57.